The van der Waals surface area contributed by atoms with Crippen molar-refractivity contribution in [2.75, 3.05) is 0 Å². The van der Waals surface area contributed by atoms with Gasteiger partial charge in [-0.3, -0.25) is 4.57 Å². The lowest BCUT2D eigenvalue weighted by Crippen LogP contribution is -2.11. The average molecular weight is 444 g/mol. The Labute approximate surface area is 173 Å². The number of alkyl halides is 3. The zero-order valence-electron chi connectivity index (χ0n) is 14.8. The van der Waals surface area contributed by atoms with E-state index in [4.69, 9.17) is 32.7 Å². The maximum absolute atomic E-state index is 14.2. The van der Waals surface area contributed by atoms with E-state index in [0.29, 0.717) is 18.5 Å². The van der Waals surface area contributed by atoms with E-state index in [2.05, 4.69) is 0 Å². The number of nitrogens with zero attached hydrogens (tertiary/aromatic N) is 1. The Bertz CT molecular complexity index is 1120. The van der Waals surface area contributed by atoms with Gasteiger partial charge in [0.2, 0.25) is 11.6 Å². The SMILES string of the molecule is O=C(O)c1ccc(-n2c3c(c(C(F)(F)F)c2-c2ccc(Cl)c(Cl)c2)CCCC3)o1. The van der Waals surface area contributed by atoms with Crippen LogP contribution in [-0.2, 0) is 19.0 Å². The lowest BCUT2D eigenvalue weighted by Gasteiger charge is -2.15. The highest BCUT2D eigenvalue weighted by Crippen LogP contribution is 2.47. The number of hydrogen-bond donors (Lipinski definition) is 1. The van der Waals surface area contributed by atoms with E-state index in [1.54, 1.807) is 0 Å². The van der Waals surface area contributed by atoms with Gasteiger partial charge in [0.1, 0.15) is 0 Å². The van der Waals surface area contributed by atoms with Crippen molar-refractivity contribution in [1.29, 1.82) is 0 Å². The number of furan rings is 1. The maximum atomic E-state index is 14.2. The first-order chi connectivity index (χ1) is 13.7. The number of carboxylic acids is 1. The summed E-state index contributed by atoms with van der Waals surface area (Å²) in [5.41, 5.74) is 0.0107. The minimum atomic E-state index is -4.61. The van der Waals surface area contributed by atoms with Crippen LogP contribution in [0.15, 0.2) is 34.7 Å². The van der Waals surface area contributed by atoms with Crippen LogP contribution >= 0.6 is 23.2 Å². The van der Waals surface area contributed by atoms with Crippen LogP contribution in [0.25, 0.3) is 17.1 Å². The molecule has 29 heavy (non-hydrogen) atoms. The van der Waals surface area contributed by atoms with Gasteiger partial charge in [0.15, 0.2) is 0 Å². The lowest BCUT2D eigenvalue weighted by molar-refractivity contribution is -0.137. The molecular formula is C20H14Cl2F3NO3. The highest BCUT2D eigenvalue weighted by Gasteiger charge is 2.42. The van der Waals surface area contributed by atoms with Crippen molar-refractivity contribution >= 4 is 29.2 Å². The number of fused-ring (bicyclic) bond motifs is 1. The molecule has 0 amide bonds. The summed E-state index contributed by atoms with van der Waals surface area (Å²) < 4.78 is 49.2. The molecule has 0 spiro atoms. The summed E-state index contributed by atoms with van der Waals surface area (Å²) in [4.78, 5) is 11.2. The minimum absolute atomic E-state index is 0.0112. The minimum Gasteiger partial charge on any atom is -0.475 e. The molecule has 152 valence electrons. The summed E-state index contributed by atoms with van der Waals surface area (Å²) in [5, 5.41) is 9.50. The molecule has 2 heterocycles. The second kappa shape index (κ2) is 7.15. The number of carbonyl (C=O) groups is 1. The molecule has 1 aromatic carbocycles. The van der Waals surface area contributed by atoms with Crippen molar-refractivity contribution in [2.45, 2.75) is 31.9 Å². The molecule has 2 aromatic heterocycles. The normalized spacial score (nSPS) is 14.1. The van der Waals surface area contributed by atoms with Gasteiger partial charge in [-0.25, -0.2) is 4.79 Å². The van der Waals surface area contributed by atoms with Gasteiger partial charge >= 0.3 is 12.1 Å². The molecule has 0 fully saturated rings. The van der Waals surface area contributed by atoms with Gasteiger partial charge in [-0.15, -0.1) is 0 Å². The van der Waals surface area contributed by atoms with Crippen LogP contribution in [0.1, 0.15) is 40.2 Å². The first-order valence-electron chi connectivity index (χ1n) is 8.81. The smallest absolute Gasteiger partial charge is 0.418 e. The summed E-state index contributed by atoms with van der Waals surface area (Å²) in [6.45, 7) is 0. The summed E-state index contributed by atoms with van der Waals surface area (Å²) in [5.74, 6) is -1.64. The Morgan fingerprint density at radius 2 is 1.79 bits per heavy atom. The predicted molar refractivity (Wildman–Crippen MR) is 102 cm³/mol. The van der Waals surface area contributed by atoms with Gasteiger partial charge in [0, 0.05) is 17.3 Å². The monoisotopic (exact) mass is 443 g/mol. The van der Waals surface area contributed by atoms with Crippen molar-refractivity contribution < 1.29 is 27.5 Å². The van der Waals surface area contributed by atoms with Gasteiger partial charge < -0.3 is 9.52 Å². The Kier molecular flexibility index (Phi) is 4.91. The summed E-state index contributed by atoms with van der Waals surface area (Å²) in [7, 11) is 0. The van der Waals surface area contributed by atoms with Gasteiger partial charge in [-0.05, 0) is 49.4 Å². The number of hydrogen-bond acceptors (Lipinski definition) is 2. The van der Waals surface area contributed by atoms with E-state index >= 15 is 0 Å². The fraction of sp³-hybridized carbons (Fsp3) is 0.250. The quantitative estimate of drug-likeness (QED) is 0.493. The first-order valence-corrected chi connectivity index (χ1v) is 9.56. The number of benzene rings is 1. The second-order valence-electron chi connectivity index (χ2n) is 6.76. The van der Waals surface area contributed by atoms with Gasteiger partial charge in [0.25, 0.3) is 0 Å². The fourth-order valence-corrected chi connectivity index (χ4v) is 4.12. The maximum Gasteiger partial charge on any atom is 0.418 e. The van der Waals surface area contributed by atoms with Crippen molar-refractivity contribution in [3.8, 4) is 17.1 Å². The summed E-state index contributed by atoms with van der Waals surface area (Å²) >= 11 is 12.0. The van der Waals surface area contributed by atoms with Crippen LogP contribution in [0.4, 0.5) is 13.2 Å². The van der Waals surface area contributed by atoms with Crippen LogP contribution in [-0.4, -0.2) is 15.6 Å². The zero-order chi connectivity index (χ0) is 20.9. The Hall–Kier alpha value is -2.38. The summed E-state index contributed by atoms with van der Waals surface area (Å²) in [6, 6.07) is 6.85. The van der Waals surface area contributed by atoms with E-state index in [-0.39, 0.29) is 44.9 Å². The molecule has 4 rings (SSSR count). The molecule has 3 aromatic rings. The molecule has 4 nitrogen and oxygen atoms in total. The standard InChI is InChI=1S/C20H14Cl2F3NO3/c21-12-6-5-10(9-13(12)22)18-17(20(23,24)25)11-3-1-2-4-14(11)26(18)16-8-7-15(29-16)19(27)28/h5-9H,1-4H2,(H,27,28). The second-order valence-corrected chi connectivity index (χ2v) is 7.58. The number of halogens is 5. The third-order valence-electron chi connectivity index (χ3n) is 4.97. The number of rotatable bonds is 3. The van der Waals surface area contributed by atoms with Gasteiger partial charge in [0.05, 0.1) is 21.3 Å². The topological polar surface area (TPSA) is 55.4 Å². The number of aromatic nitrogens is 1. The largest absolute Gasteiger partial charge is 0.475 e. The molecule has 0 saturated carbocycles. The molecule has 0 unspecified atom stereocenters. The van der Waals surface area contributed by atoms with Crippen molar-refractivity contribution in [3.63, 3.8) is 0 Å². The number of carboxylic acid groups (broad SMARTS) is 1. The van der Waals surface area contributed by atoms with Crippen LogP contribution in [0, 0.1) is 0 Å². The predicted octanol–water partition coefficient (Wildman–Crippen LogP) is 6.64. The first kappa shape index (κ1) is 19.9. The molecule has 9 heteroatoms. The van der Waals surface area contributed by atoms with E-state index in [1.165, 1.54) is 34.9 Å². The fourth-order valence-electron chi connectivity index (χ4n) is 3.82. The van der Waals surface area contributed by atoms with Crippen LogP contribution in [0.3, 0.4) is 0 Å². The zero-order valence-corrected chi connectivity index (χ0v) is 16.3. The van der Waals surface area contributed by atoms with E-state index in [1.807, 2.05) is 0 Å². The van der Waals surface area contributed by atoms with Crippen molar-refractivity contribution in [3.05, 3.63) is 63.0 Å². The van der Waals surface area contributed by atoms with Crippen LogP contribution in [0.2, 0.25) is 10.0 Å². The van der Waals surface area contributed by atoms with E-state index in [9.17, 15) is 18.0 Å². The third-order valence-corrected chi connectivity index (χ3v) is 5.71. The lowest BCUT2D eigenvalue weighted by atomic mass is 9.93. The van der Waals surface area contributed by atoms with Crippen LogP contribution in [0.5, 0.6) is 0 Å². The molecular weight excluding hydrogens is 430 g/mol. The number of aromatic carboxylic acids is 1. The molecule has 1 aliphatic carbocycles. The molecule has 0 atom stereocenters. The highest BCUT2D eigenvalue weighted by atomic mass is 35.5. The average Bonchev–Trinajstić information content (AvgIpc) is 3.25. The third kappa shape index (κ3) is 3.42. The molecule has 1 aliphatic rings. The van der Waals surface area contributed by atoms with E-state index in [0.717, 1.165) is 6.42 Å². The van der Waals surface area contributed by atoms with Crippen LogP contribution < -0.4 is 0 Å². The Morgan fingerprint density at radius 1 is 1.07 bits per heavy atom. The molecule has 1 N–H and O–H groups in total. The molecule has 0 bridgehead atoms. The van der Waals surface area contributed by atoms with Gasteiger partial charge in [-0.1, -0.05) is 29.3 Å². The van der Waals surface area contributed by atoms with Gasteiger partial charge in [-0.2, -0.15) is 13.2 Å². The molecule has 0 radical (unpaired) electrons. The van der Waals surface area contributed by atoms with E-state index < -0.39 is 17.7 Å². The summed E-state index contributed by atoms with van der Waals surface area (Å²) in [6.07, 6.45) is -2.56. The molecule has 0 saturated heterocycles. The molecule has 0 aliphatic heterocycles. The van der Waals surface area contributed by atoms with Crippen molar-refractivity contribution in [2.24, 2.45) is 0 Å². The van der Waals surface area contributed by atoms with Crippen molar-refractivity contribution in [1.82, 2.24) is 4.57 Å². The Balaban J connectivity index is 2.08. The Morgan fingerprint density at radius 3 is 2.41 bits per heavy atom. The highest BCUT2D eigenvalue weighted by molar-refractivity contribution is 6.42.